The lowest BCUT2D eigenvalue weighted by Crippen LogP contribution is -2.34. The molecule has 0 radical (unpaired) electrons. The normalized spacial score (nSPS) is 15.4. The molecule has 0 spiro atoms. The molecular formula is C11H19NOS. The van der Waals surface area contributed by atoms with Gasteiger partial charge in [-0.2, -0.15) is 0 Å². The van der Waals surface area contributed by atoms with Crippen LogP contribution in [0.5, 0.6) is 0 Å². The van der Waals surface area contributed by atoms with Gasteiger partial charge in [0, 0.05) is 23.4 Å². The van der Waals surface area contributed by atoms with Crippen molar-refractivity contribution in [1.29, 1.82) is 0 Å². The second kappa shape index (κ2) is 5.49. The molecule has 0 saturated heterocycles. The summed E-state index contributed by atoms with van der Waals surface area (Å²) in [6.45, 7) is 2.87. The fourth-order valence-corrected chi connectivity index (χ4v) is 2.23. The lowest BCUT2D eigenvalue weighted by molar-refractivity contribution is 0.118. The molecule has 1 aromatic heterocycles. The van der Waals surface area contributed by atoms with Crippen LogP contribution in [0, 0.1) is 5.41 Å². The molecule has 3 N–H and O–H groups in total. The Morgan fingerprint density at radius 3 is 2.79 bits per heavy atom. The van der Waals surface area contributed by atoms with Crippen molar-refractivity contribution in [2.24, 2.45) is 11.1 Å². The van der Waals surface area contributed by atoms with Crippen molar-refractivity contribution in [3.63, 3.8) is 0 Å². The van der Waals surface area contributed by atoms with E-state index >= 15 is 0 Å². The third kappa shape index (κ3) is 2.80. The zero-order valence-electron chi connectivity index (χ0n) is 8.70. The minimum atomic E-state index is -0.0655. The summed E-state index contributed by atoms with van der Waals surface area (Å²) in [7, 11) is 0. The quantitative estimate of drug-likeness (QED) is 0.759. The van der Waals surface area contributed by atoms with Gasteiger partial charge in [0.25, 0.3) is 0 Å². The standard InChI is InChI=1S/C11H19NOS/c1-2-11(8-12,9-13)6-5-10-4-3-7-14-10/h3-4,7,13H,2,5-6,8-9,12H2,1H3. The molecule has 1 aromatic rings. The topological polar surface area (TPSA) is 46.2 Å². The van der Waals surface area contributed by atoms with Gasteiger partial charge in [-0.05, 0) is 30.7 Å². The summed E-state index contributed by atoms with van der Waals surface area (Å²) in [6.07, 6.45) is 2.96. The van der Waals surface area contributed by atoms with Crippen LogP contribution in [-0.2, 0) is 6.42 Å². The Balaban J connectivity index is 2.48. The molecule has 1 heterocycles. The fraction of sp³-hybridized carbons (Fsp3) is 0.636. The van der Waals surface area contributed by atoms with Gasteiger partial charge in [0.15, 0.2) is 0 Å². The number of aliphatic hydroxyl groups is 1. The van der Waals surface area contributed by atoms with E-state index in [-0.39, 0.29) is 12.0 Å². The highest BCUT2D eigenvalue weighted by Gasteiger charge is 2.25. The maximum atomic E-state index is 9.33. The van der Waals surface area contributed by atoms with Gasteiger partial charge in [-0.3, -0.25) is 0 Å². The number of aliphatic hydroxyl groups excluding tert-OH is 1. The molecule has 0 aromatic carbocycles. The van der Waals surface area contributed by atoms with Gasteiger partial charge >= 0.3 is 0 Å². The minimum Gasteiger partial charge on any atom is -0.396 e. The van der Waals surface area contributed by atoms with Crippen molar-refractivity contribution in [2.75, 3.05) is 13.2 Å². The maximum absolute atomic E-state index is 9.33. The summed E-state index contributed by atoms with van der Waals surface area (Å²) in [4.78, 5) is 1.38. The Morgan fingerprint density at radius 2 is 2.36 bits per heavy atom. The van der Waals surface area contributed by atoms with E-state index in [1.54, 1.807) is 11.3 Å². The third-order valence-corrected chi connectivity index (χ3v) is 3.94. The molecule has 0 fully saturated rings. The van der Waals surface area contributed by atoms with Crippen LogP contribution in [0.25, 0.3) is 0 Å². The Labute approximate surface area is 89.8 Å². The van der Waals surface area contributed by atoms with Gasteiger partial charge in [-0.15, -0.1) is 11.3 Å². The Bertz CT molecular complexity index is 234. The molecule has 0 saturated carbocycles. The van der Waals surface area contributed by atoms with E-state index in [4.69, 9.17) is 5.73 Å². The summed E-state index contributed by atoms with van der Waals surface area (Å²) >= 11 is 1.77. The number of hydrogen-bond acceptors (Lipinski definition) is 3. The van der Waals surface area contributed by atoms with Crippen LogP contribution in [-0.4, -0.2) is 18.3 Å². The van der Waals surface area contributed by atoms with E-state index in [2.05, 4.69) is 24.4 Å². The van der Waals surface area contributed by atoms with E-state index in [1.807, 2.05) is 0 Å². The van der Waals surface area contributed by atoms with Crippen molar-refractivity contribution >= 4 is 11.3 Å². The van der Waals surface area contributed by atoms with Crippen LogP contribution >= 0.6 is 11.3 Å². The minimum absolute atomic E-state index is 0.0655. The van der Waals surface area contributed by atoms with Crippen molar-refractivity contribution in [1.82, 2.24) is 0 Å². The Hall–Kier alpha value is -0.380. The van der Waals surface area contributed by atoms with Crippen LogP contribution < -0.4 is 5.73 Å². The number of hydrogen-bond donors (Lipinski definition) is 2. The first-order valence-electron chi connectivity index (χ1n) is 5.09. The molecule has 0 aliphatic rings. The highest BCUT2D eigenvalue weighted by atomic mass is 32.1. The highest BCUT2D eigenvalue weighted by molar-refractivity contribution is 7.09. The Kier molecular flexibility index (Phi) is 4.58. The predicted octanol–water partition coefficient (Wildman–Crippen LogP) is 2.03. The SMILES string of the molecule is CCC(CN)(CO)CCc1cccs1. The summed E-state index contributed by atoms with van der Waals surface area (Å²) in [5.74, 6) is 0. The molecule has 1 unspecified atom stereocenters. The Morgan fingerprint density at radius 1 is 1.57 bits per heavy atom. The monoisotopic (exact) mass is 213 g/mol. The van der Waals surface area contributed by atoms with Crippen LogP contribution in [0.15, 0.2) is 17.5 Å². The number of rotatable bonds is 6. The number of thiophene rings is 1. The molecule has 1 atom stereocenters. The smallest absolute Gasteiger partial charge is 0.0499 e. The summed E-state index contributed by atoms with van der Waals surface area (Å²) in [6, 6.07) is 4.20. The molecule has 3 heteroatoms. The first-order valence-corrected chi connectivity index (χ1v) is 5.97. The van der Waals surface area contributed by atoms with Crippen molar-refractivity contribution in [2.45, 2.75) is 26.2 Å². The summed E-state index contributed by atoms with van der Waals surface area (Å²) in [5.41, 5.74) is 5.65. The van der Waals surface area contributed by atoms with Gasteiger partial charge in [-0.1, -0.05) is 13.0 Å². The van der Waals surface area contributed by atoms with Crippen molar-refractivity contribution in [3.8, 4) is 0 Å². The summed E-state index contributed by atoms with van der Waals surface area (Å²) < 4.78 is 0. The molecule has 0 amide bonds. The van der Waals surface area contributed by atoms with Crippen molar-refractivity contribution in [3.05, 3.63) is 22.4 Å². The lowest BCUT2D eigenvalue weighted by Gasteiger charge is -2.28. The lowest BCUT2D eigenvalue weighted by atomic mass is 9.81. The molecule has 14 heavy (non-hydrogen) atoms. The van der Waals surface area contributed by atoms with Crippen molar-refractivity contribution < 1.29 is 5.11 Å². The zero-order chi connectivity index (χ0) is 10.4. The molecule has 0 aliphatic carbocycles. The van der Waals surface area contributed by atoms with E-state index in [0.717, 1.165) is 19.3 Å². The van der Waals surface area contributed by atoms with E-state index in [1.165, 1.54) is 4.88 Å². The van der Waals surface area contributed by atoms with Crippen LogP contribution in [0.4, 0.5) is 0 Å². The van der Waals surface area contributed by atoms with Crippen LogP contribution in [0.1, 0.15) is 24.6 Å². The van der Waals surface area contributed by atoms with Crippen LogP contribution in [0.3, 0.4) is 0 Å². The maximum Gasteiger partial charge on any atom is 0.0499 e. The van der Waals surface area contributed by atoms with Gasteiger partial charge < -0.3 is 10.8 Å². The highest BCUT2D eigenvalue weighted by Crippen LogP contribution is 2.27. The number of nitrogens with two attached hydrogens (primary N) is 1. The fourth-order valence-electron chi connectivity index (χ4n) is 1.52. The first-order chi connectivity index (χ1) is 6.76. The first kappa shape index (κ1) is 11.7. The number of aryl methyl sites for hydroxylation is 1. The largest absolute Gasteiger partial charge is 0.396 e. The van der Waals surface area contributed by atoms with Gasteiger partial charge in [0.2, 0.25) is 0 Å². The molecular weight excluding hydrogens is 194 g/mol. The molecule has 0 aliphatic heterocycles. The zero-order valence-corrected chi connectivity index (χ0v) is 9.52. The molecule has 2 nitrogen and oxygen atoms in total. The van der Waals surface area contributed by atoms with Crippen LogP contribution in [0.2, 0.25) is 0 Å². The van der Waals surface area contributed by atoms with Gasteiger partial charge in [0.1, 0.15) is 0 Å². The van der Waals surface area contributed by atoms with E-state index < -0.39 is 0 Å². The molecule has 80 valence electrons. The van der Waals surface area contributed by atoms with Gasteiger partial charge in [-0.25, -0.2) is 0 Å². The molecule has 0 bridgehead atoms. The van der Waals surface area contributed by atoms with E-state index in [9.17, 15) is 5.11 Å². The predicted molar refractivity (Wildman–Crippen MR) is 61.5 cm³/mol. The second-order valence-corrected chi connectivity index (χ2v) is 4.83. The average Bonchev–Trinajstić information content (AvgIpc) is 2.74. The van der Waals surface area contributed by atoms with Gasteiger partial charge in [0.05, 0.1) is 0 Å². The summed E-state index contributed by atoms with van der Waals surface area (Å²) in [5, 5.41) is 11.4. The molecule has 1 rings (SSSR count). The average molecular weight is 213 g/mol. The third-order valence-electron chi connectivity index (χ3n) is 3.00. The van der Waals surface area contributed by atoms with E-state index in [0.29, 0.717) is 6.54 Å². The second-order valence-electron chi connectivity index (χ2n) is 3.80.